The summed E-state index contributed by atoms with van der Waals surface area (Å²) in [6.45, 7) is 5.13. The zero-order chi connectivity index (χ0) is 12.8. The number of nitrogens with one attached hydrogen (secondary N) is 1. The molecule has 16 heavy (non-hydrogen) atoms. The fraction of sp³-hybridized carbons (Fsp3) is 0.778. The zero-order valence-electron chi connectivity index (χ0n) is 9.56. The number of esters is 1. The average molecular weight is 248 g/mol. The summed E-state index contributed by atoms with van der Waals surface area (Å²) in [6, 6.07) is 0.987. The molecule has 0 aromatic heterocycles. The lowest BCUT2D eigenvalue weighted by Gasteiger charge is -2.14. The molecule has 0 saturated carbocycles. The van der Waals surface area contributed by atoms with E-state index >= 15 is 0 Å². The second-order valence-corrected chi connectivity index (χ2v) is 5.29. The van der Waals surface area contributed by atoms with Crippen molar-refractivity contribution < 1.29 is 17.9 Å². The summed E-state index contributed by atoms with van der Waals surface area (Å²) < 4.78 is 29.5. The van der Waals surface area contributed by atoms with Crippen LogP contribution in [0.4, 0.5) is 0 Å². The number of hydrogen-bond acceptors (Lipinski definition) is 5. The lowest BCUT2D eigenvalue weighted by Crippen LogP contribution is -2.40. The Hall–Kier alpha value is -1.13. The predicted octanol–water partition coefficient (Wildman–Crippen LogP) is 0.0171. The molecule has 0 aliphatic rings. The SMILES string of the molecule is CCOC(=O)CS(=O)(=O)NC(C#N)C(C)C. The summed E-state index contributed by atoms with van der Waals surface area (Å²) >= 11 is 0. The molecule has 0 saturated heterocycles. The number of nitrogens with zero attached hydrogens (tertiary/aromatic N) is 1. The van der Waals surface area contributed by atoms with Crippen LogP contribution in [0.1, 0.15) is 20.8 Å². The number of rotatable bonds is 6. The van der Waals surface area contributed by atoms with Crippen molar-refractivity contribution in [1.82, 2.24) is 4.72 Å². The van der Waals surface area contributed by atoms with E-state index in [4.69, 9.17) is 5.26 Å². The Balaban J connectivity index is 4.47. The first-order valence-electron chi connectivity index (χ1n) is 4.87. The lowest BCUT2D eigenvalue weighted by molar-refractivity contribution is -0.139. The van der Waals surface area contributed by atoms with Crippen molar-refractivity contribution in [3.63, 3.8) is 0 Å². The summed E-state index contributed by atoms with van der Waals surface area (Å²) in [5.41, 5.74) is 0. The molecule has 6 nitrogen and oxygen atoms in total. The van der Waals surface area contributed by atoms with Crippen LogP contribution in [0.3, 0.4) is 0 Å². The van der Waals surface area contributed by atoms with Gasteiger partial charge in [0.25, 0.3) is 0 Å². The Morgan fingerprint density at radius 1 is 1.50 bits per heavy atom. The number of ether oxygens (including phenoxy) is 1. The highest BCUT2D eigenvalue weighted by molar-refractivity contribution is 7.90. The van der Waals surface area contributed by atoms with Gasteiger partial charge in [0, 0.05) is 0 Å². The van der Waals surface area contributed by atoms with Crippen molar-refractivity contribution in [2.45, 2.75) is 26.8 Å². The molecule has 7 heteroatoms. The van der Waals surface area contributed by atoms with Crippen LogP contribution in [-0.4, -0.2) is 32.8 Å². The van der Waals surface area contributed by atoms with Crippen LogP contribution in [0.5, 0.6) is 0 Å². The molecule has 0 rings (SSSR count). The molecule has 1 N–H and O–H groups in total. The van der Waals surface area contributed by atoms with Crippen LogP contribution in [0.15, 0.2) is 0 Å². The third-order valence-corrected chi connectivity index (χ3v) is 2.95. The van der Waals surface area contributed by atoms with Crippen molar-refractivity contribution in [3.05, 3.63) is 0 Å². The van der Waals surface area contributed by atoms with Crippen LogP contribution in [0.25, 0.3) is 0 Å². The molecular weight excluding hydrogens is 232 g/mol. The first-order valence-corrected chi connectivity index (χ1v) is 6.52. The van der Waals surface area contributed by atoms with Gasteiger partial charge < -0.3 is 4.74 Å². The summed E-state index contributed by atoms with van der Waals surface area (Å²) in [7, 11) is -3.81. The number of sulfonamides is 1. The molecule has 1 unspecified atom stereocenters. The monoisotopic (exact) mass is 248 g/mol. The highest BCUT2D eigenvalue weighted by atomic mass is 32.2. The highest BCUT2D eigenvalue weighted by Gasteiger charge is 2.23. The second-order valence-electron chi connectivity index (χ2n) is 3.53. The zero-order valence-corrected chi connectivity index (χ0v) is 10.4. The number of carbonyl (C=O) groups excluding carboxylic acids is 1. The predicted molar refractivity (Wildman–Crippen MR) is 57.8 cm³/mol. The van der Waals surface area contributed by atoms with Crippen LogP contribution >= 0.6 is 0 Å². The van der Waals surface area contributed by atoms with Crippen LogP contribution in [0.2, 0.25) is 0 Å². The molecule has 92 valence electrons. The van der Waals surface area contributed by atoms with E-state index in [1.807, 2.05) is 6.07 Å². The van der Waals surface area contributed by atoms with E-state index in [1.165, 1.54) is 0 Å². The second kappa shape index (κ2) is 6.45. The topological polar surface area (TPSA) is 96.3 Å². The van der Waals surface area contributed by atoms with Crippen LogP contribution < -0.4 is 4.72 Å². The van der Waals surface area contributed by atoms with Crippen LogP contribution in [0, 0.1) is 17.2 Å². The van der Waals surface area contributed by atoms with Gasteiger partial charge in [-0.25, -0.2) is 8.42 Å². The Bertz CT molecular complexity index is 369. The number of hydrogen-bond donors (Lipinski definition) is 1. The molecule has 0 aliphatic carbocycles. The molecule has 0 radical (unpaired) electrons. The van der Waals surface area contributed by atoms with Gasteiger partial charge in [-0.15, -0.1) is 0 Å². The minimum atomic E-state index is -3.81. The molecule has 0 heterocycles. The minimum Gasteiger partial charge on any atom is -0.465 e. The van der Waals surface area contributed by atoms with Gasteiger partial charge in [-0.05, 0) is 12.8 Å². The van der Waals surface area contributed by atoms with E-state index in [0.717, 1.165) is 0 Å². The molecule has 0 aromatic carbocycles. The lowest BCUT2D eigenvalue weighted by atomic mass is 10.1. The van der Waals surface area contributed by atoms with Crippen molar-refractivity contribution in [2.24, 2.45) is 5.92 Å². The fourth-order valence-corrected chi connectivity index (χ4v) is 2.09. The van der Waals surface area contributed by atoms with Gasteiger partial charge in [0.1, 0.15) is 6.04 Å². The Morgan fingerprint density at radius 3 is 2.44 bits per heavy atom. The smallest absolute Gasteiger partial charge is 0.322 e. The minimum absolute atomic E-state index is 0.125. The summed E-state index contributed by atoms with van der Waals surface area (Å²) in [5.74, 6) is -1.75. The van der Waals surface area contributed by atoms with Gasteiger partial charge in [-0.3, -0.25) is 4.79 Å². The van der Waals surface area contributed by atoms with Gasteiger partial charge in [0.05, 0.1) is 12.7 Å². The molecule has 0 aromatic rings. The van der Waals surface area contributed by atoms with Gasteiger partial charge >= 0.3 is 5.97 Å². The van der Waals surface area contributed by atoms with Crippen LogP contribution in [-0.2, 0) is 19.6 Å². The largest absolute Gasteiger partial charge is 0.465 e. The van der Waals surface area contributed by atoms with Crippen molar-refractivity contribution in [2.75, 3.05) is 12.4 Å². The van der Waals surface area contributed by atoms with Crippen molar-refractivity contribution >= 4 is 16.0 Å². The van der Waals surface area contributed by atoms with E-state index in [-0.39, 0.29) is 12.5 Å². The molecule has 1 atom stereocenters. The maximum absolute atomic E-state index is 11.4. The van der Waals surface area contributed by atoms with Crippen molar-refractivity contribution in [3.8, 4) is 6.07 Å². The first kappa shape index (κ1) is 14.9. The number of nitriles is 1. The van der Waals surface area contributed by atoms with Gasteiger partial charge in [-0.2, -0.15) is 9.98 Å². The Morgan fingerprint density at radius 2 is 2.06 bits per heavy atom. The van der Waals surface area contributed by atoms with E-state index in [9.17, 15) is 13.2 Å². The van der Waals surface area contributed by atoms with E-state index in [2.05, 4.69) is 9.46 Å². The normalized spacial score (nSPS) is 13.2. The quantitative estimate of drug-likeness (QED) is 0.668. The van der Waals surface area contributed by atoms with Gasteiger partial charge in [-0.1, -0.05) is 13.8 Å². The van der Waals surface area contributed by atoms with Crippen molar-refractivity contribution in [1.29, 1.82) is 5.26 Å². The average Bonchev–Trinajstić information content (AvgIpc) is 2.13. The number of carbonyl (C=O) groups is 1. The summed E-state index contributed by atoms with van der Waals surface area (Å²) in [5, 5.41) is 8.70. The summed E-state index contributed by atoms with van der Waals surface area (Å²) in [6.07, 6.45) is 0. The van der Waals surface area contributed by atoms with E-state index in [1.54, 1.807) is 20.8 Å². The van der Waals surface area contributed by atoms with E-state index in [0.29, 0.717) is 0 Å². The Kier molecular flexibility index (Phi) is 6.00. The maximum atomic E-state index is 11.4. The summed E-state index contributed by atoms with van der Waals surface area (Å²) in [4.78, 5) is 11.0. The molecule has 0 fully saturated rings. The van der Waals surface area contributed by atoms with Gasteiger partial charge in [0.2, 0.25) is 10.0 Å². The first-order chi connectivity index (χ1) is 7.32. The fourth-order valence-electron chi connectivity index (χ4n) is 0.904. The third kappa shape index (κ3) is 5.68. The van der Waals surface area contributed by atoms with Gasteiger partial charge in [0.15, 0.2) is 5.75 Å². The highest BCUT2D eigenvalue weighted by Crippen LogP contribution is 2.02. The standard InChI is InChI=1S/C9H16N2O4S/c1-4-15-9(12)6-16(13,14)11-8(5-10)7(2)3/h7-8,11H,4,6H2,1-3H3. The molecule has 0 spiro atoms. The maximum Gasteiger partial charge on any atom is 0.322 e. The molecule has 0 bridgehead atoms. The third-order valence-electron chi connectivity index (χ3n) is 1.73. The molecular formula is C9H16N2O4S. The molecule has 0 amide bonds. The molecule has 0 aliphatic heterocycles. The Labute approximate surface area is 95.6 Å². The van der Waals surface area contributed by atoms with E-state index < -0.39 is 27.8 Å².